The number of carbonyl (C=O) groups excluding carboxylic acids is 1. The lowest BCUT2D eigenvalue weighted by Crippen LogP contribution is -2.37. The van der Waals surface area contributed by atoms with E-state index < -0.39 is 9.84 Å². The normalized spacial score (nSPS) is 27.5. The predicted octanol–water partition coefficient (Wildman–Crippen LogP) is 3.26. The number of thioether (sulfide) groups is 1. The van der Waals surface area contributed by atoms with Gasteiger partial charge in [-0.15, -0.1) is 0 Å². The molecule has 8 heteroatoms. The molecule has 6 nitrogen and oxygen atoms in total. The average Bonchev–Trinajstić information content (AvgIpc) is 3.37. The van der Waals surface area contributed by atoms with Gasteiger partial charge in [-0.1, -0.05) is 55.6 Å². The van der Waals surface area contributed by atoms with Crippen LogP contribution in [0.5, 0.6) is 5.75 Å². The molecule has 4 rings (SSSR count). The van der Waals surface area contributed by atoms with Crippen LogP contribution in [-0.4, -0.2) is 54.3 Å². The summed E-state index contributed by atoms with van der Waals surface area (Å²) in [5.41, 5.74) is 0.964. The number of carbonyl (C=O) groups is 1. The van der Waals surface area contributed by atoms with Gasteiger partial charge in [-0.2, -0.15) is 4.99 Å². The molecule has 0 unspecified atom stereocenters. The quantitative estimate of drug-likeness (QED) is 0.681. The maximum absolute atomic E-state index is 12.6. The van der Waals surface area contributed by atoms with E-state index in [2.05, 4.69) is 4.99 Å². The summed E-state index contributed by atoms with van der Waals surface area (Å²) in [6.45, 7) is 0.489. The van der Waals surface area contributed by atoms with Crippen LogP contribution in [0, 0.1) is 5.92 Å². The van der Waals surface area contributed by atoms with Crippen LogP contribution >= 0.6 is 11.8 Å². The lowest BCUT2D eigenvalue weighted by atomic mass is 10.0. The Balaban J connectivity index is 1.52. The third-order valence-corrected chi connectivity index (χ3v) is 9.42. The number of para-hydroxylation sites is 1. The second-order valence-corrected chi connectivity index (χ2v) is 11.6. The average molecular weight is 437 g/mol. The minimum atomic E-state index is -3.05. The molecular formula is C21H28N2O4S2. The molecular weight excluding hydrogens is 408 g/mol. The molecule has 0 aromatic heterocycles. The van der Waals surface area contributed by atoms with E-state index in [1.54, 1.807) is 7.11 Å². The van der Waals surface area contributed by atoms with Gasteiger partial charge >= 0.3 is 0 Å². The van der Waals surface area contributed by atoms with Crippen LogP contribution in [0.2, 0.25) is 0 Å². The molecule has 1 aromatic carbocycles. The van der Waals surface area contributed by atoms with Crippen LogP contribution < -0.4 is 4.74 Å². The summed E-state index contributed by atoms with van der Waals surface area (Å²) in [5.74, 6) is 1.60. The zero-order chi connectivity index (χ0) is 20.4. The fourth-order valence-electron chi connectivity index (χ4n) is 4.63. The Morgan fingerprint density at radius 2 is 2.00 bits per heavy atom. The van der Waals surface area contributed by atoms with Crippen molar-refractivity contribution in [3.63, 3.8) is 0 Å². The third kappa shape index (κ3) is 4.79. The summed E-state index contributed by atoms with van der Waals surface area (Å²) in [7, 11) is -1.43. The second kappa shape index (κ2) is 8.68. The largest absolute Gasteiger partial charge is 0.496 e. The first-order valence-electron chi connectivity index (χ1n) is 10.3. The van der Waals surface area contributed by atoms with Gasteiger partial charge in [0.1, 0.15) is 5.75 Å². The van der Waals surface area contributed by atoms with Gasteiger partial charge in [0.15, 0.2) is 15.0 Å². The Morgan fingerprint density at radius 1 is 1.24 bits per heavy atom. The van der Waals surface area contributed by atoms with E-state index in [0.29, 0.717) is 24.1 Å². The predicted molar refractivity (Wildman–Crippen MR) is 116 cm³/mol. The summed E-state index contributed by atoms with van der Waals surface area (Å²) < 4.78 is 29.8. The standard InChI is InChI=1S/C21H28N2O4S2/c1-27-18-9-5-4-8-16(18)12-23-17-13-29(25,26)14-19(17)28-21(23)22-20(24)11-10-15-6-2-3-7-15/h4-5,8-9,15,17,19H,2-3,6-7,10-14H2,1H3/t17-,19+/m1/s1. The van der Waals surface area contributed by atoms with Gasteiger partial charge in [0.25, 0.3) is 0 Å². The molecule has 1 aromatic rings. The third-order valence-electron chi connectivity index (χ3n) is 6.17. The van der Waals surface area contributed by atoms with Crippen LogP contribution in [0.4, 0.5) is 0 Å². The van der Waals surface area contributed by atoms with Crippen molar-refractivity contribution in [3.8, 4) is 5.75 Å². The van der Waals surface area contributed by atoms with Crippen LogP contribution in [0.1, 0.15) is 44.1 Å². The highest BCUT2D eigenvalue weighted by Crippen LogP contribution is 2.40. The van der Waals surface area contributed by atoms with Crippen LogP contribution in [-0.2, 0) is 21.2 Å². The number of fused-ring (bicyclic) bond motifs is 1. The number of amides is 1. The molecule has 29 heavy (non-hydrogen) atoms. The number of benzene rings is 1. The molecule has 0 radical (unpaired) electrons. The zero-order valence-electron chi connectivity index (χ0n) is 16.7. The first kappa shape index (κ1) is 20.7. The van der Waals surface area contributed by atoms with Crippen molar-refractivity contribution >= 4 is 32.7 Å². The van der Waals surface area contributed by atoms with Gasteiger partial charge < -0.3 is 9.64 Å². The molecule has 1 aliphatic carbocycles. The Labute approximate surface area is 177 Å². The maximum Gasteiger partial charge on any atom is 0.248 e. The van der Waals surface area contributed by atoms with Crippen molar-refractivity contribution in [3.05, 3.63) is 29.8 Å². The molecule has 3 aliphatic rings. The molecule has 0 spiro atoms. The monoisotopic (exact) mass is 436 g/mol. The first-order chi connectivity index (χ1) is 13.9. The minimum absolute atomic E-state index is 0.0592. The summed E-state index contributed by atoms with van der Waals surface area (Å²) in [6.07, 6.45) is 6.38. The maximum atomic E-state index is 12.6. The SMILES string of the molecule is COc1ccccc1CN1C(=NC(=O)CCC2CCCC2)S[C@H]2CS(=O)(=O)C[C@H]21. The number of nitrogens with zero attached hydrogens (tertiary/aromatic N) is 2. The van der Waals surface area contributed by atoms with Crippen molar-refractivity contribution in [1.29, 1.82) is 0 Å². The minimum Gasteiger partial charge on any atom is -0.496 e. The Hall–Kier alpha value is -1.54. The van der Waals surface area contributed by atoms with E-state index in [-0.39, 0.29) is 28.7 Å². The summed E-state index contributed by atoms with van der Waals surface area (Å²) in [4.78, 5) is 19.0. The lowest BCUT2D eigenvalue weighted by Gasteiger charge is -2.25. The number of hydrogen-bond acceptors (Lipinski definition) is 5. The molecule has 1 saturated carbocycles. The highest BCUT2D eigenvalue weighted by atomic mass is 32.2. The number of methoxy groups -OCH3 is 1. The smallest absolute Gasteiger partial charge is 0.248 e. The van der Waals surface area contributed by atoms with Gasteiger partial charge in [0, 0.05) is 23.8 Å². The van der Waals surface area contributed by atoms with Crippen LogP contribution in [0.25, 0.3) is 0 Å². The number of ether oxygens (including phenoxy) is 1. The number of sulfone groups is 1. The fourth-order valence-corrected chi connectivity index (χ4v) is 8.60. The second-order valence-electron chi connectivity index (χ2n) is 8.22. The van der Waals surface area contributed by atoms with Crippen molar-refractivity contribution in [2.75, 3.05) is 18.6 Å². The highest BCUT2D eigenvalue weighted by molar-refractivity contribution is 8.15. The Morgan fingerprint density at radius 3 is 2.76 bits per heavy atom. The van der Waals surface area contributed by atoms with Crippen LogP contribution in [0.15, 0.2) is 29.3 Å². The van der Waals surface area contributed by atoms with Crippen LogP contribution in [0.3, 0.4) is 0 Å². The molecule has 158 valence electrons. The number of aliphatic imine (C=N–C) groups is 1. The van der Waals surface area contributed by atoms with Gasteiger partial charge in [0.05, 0.1) is 24.7 Å². The van der Waals surface area contributed by atoms with Gasteiger partial charge in [-0.05, 0) is 18.4 Å². The first-order valence-corrected chi connectivity index (χ1v) is 13.0. The molecule has 2 saturated heterocycles. The Kier molecular flexibility index (Phi) is 6.20. The summed E-state index contributed by atoms with van der Waals surface area (Å²) >= 11 is 1.45. The van der Waals surface area contributed by atoms with Gasteiger partial charge in [0.2, 0.25) is 5.91 Å². The van der Waals surface area contributed by atoms with E-state index in [1.807, 2.05) is 29.2 Å². The van der Waals surface area contributed by atoms with Gasteiger partial charge in [-0.3, -0.25) is 4.79 Å². The van der Waals surface area contributed by atoms with Crippen molar-refractivity contribution in [2.45, 2.75) is 56.4 Å². The van der Waals surface area contributed by atoms with Gasteiger partial charge in [-0.25, -0.2) is 8.42 Å². The van der Waals surface area contributed by atoms with Crippen molar-refractivity contribution in [1.82, 2.24) is 4.90 Å². The van der Waals surface area contributed by atoms with E-state index in [1.165, 1.54) is 37.4 Å². The van der Waals surface area contributed by atoms with Crippen molar-refractivity contribution in [2.24, 2.45) is 10.9 Å². The van der Waals surface area contributed by atoms with Crippen molar-refractivity contribution < 1.29 is 17.9 Å². The van der Waals surface area contributed by atoms with E-state index in [9.17, 15) is 13.2 Å². The number of rotatable bonds is 6. The number of amidine groups is 1. The number of hydrogen-bond donors (Lipinski definition) is 0. The molecule has 3 fully saturated rings. The molecule has 1 amide bonds. The Bertz CT molecular complexity index is 894. The molecule has 2 atom stereocenters. The highest BCUT2D eigenvalue weighted by Gasteiger charge is 2.48. The zero-order valence-corrected chi connectivity index (χ0v) is 18.4. The van der Waals surface area contributed by atoms with E-state index in [0.717, 1.165) is 17.7 Å². The fraction of sp³-hybridized carbons (Fsp3) is 0.619. The summed E-state index contributed by atoms with van der Waals surface area (Å²) in [5, 5.41) is 0.605. The van der Waals surface area contributed by atoms with E-state index in [4.69, 9.17) is 4.74 Å². The summed E-state index contributed by atoms with van der Waals surface area (Å²) in [6, 6.07) is 7.57. The molecule has 0 N–H and O–H groups in total. The van der Waals surface area contributed by atoms with E-state index >= 15 is 0 Å². The topological polar surface area (TPSA) is 76.0 Å². The molecule has 2 aliphatic heterocycles. The molecule has 2 heterocycles. The lowest BCUT2D eigenvalue weighted by molar-refractivity contribution is -0.118. The molecule has 0 bridgehead atoms.